The molecule has 0 aliphatic heterocycles. The Hall–Kier alpha value is -2.02. The fourth-order valence-electron chi connectivity index (χ4n) is 1.06. The minimum atomic E-state index is -0.571. The normalized spacial score (nSPS) is 9.14. The Labute approximate surface area is 81.1 Å². The number of pyridine rings is 1. The minimum Gasteiger partial charge on any atom is -0.464 e. The van der Waals surface area contributed by atoms with Gasteiger partial charge in [0.25, 0.3) is 5.56 Å². The molecule has 1 heterocycles. The second-order valence-corrected chi connectivity index (χ2v) is 2.53. The number of hydrogen-bond donors (Lipinski definition) is 0. The van der Waals surface area contributed by atoms with E-state index in [1.807, 2.05) is 0 Å². The van der Waals surface area contributed by atoms with Gasteiger partial charge in [0.2, 0.25) is 0 Å². The van der Waals surface area contributed by atoms with Gasteiger partial charge in [0.15, 0.2) is 0 Å². The van der Waals surface area contributed by atoms with Crippen LogP contribution in [-0.4, -0.2) is 17.6 Å². The first-order valence-electron chi connectivity index (χ1n) is 3.92. The summed E-state index contributed by atoms with van der Waals surface area (Å²) in [5.41, 5.74) is -0.149. The monoisotopic (exact) mass is 191 g/mol. The molecule has 0 amide bonds. The first-order chi connectivity index (χ1) is 6.70. The molecule has 0 saturated heterocycles. The van der Waals surface area contributed by atoms with Crippen molar-refractivity contribution in [3.05, 3.63) is 34.2 Å². The molecule has 72 valence electrons. The second kappa shape index (κ2) is 4.28. The molecular weight excluding hydrogens is 182 g/mol. The van der Waals surface area contributed by atoms with E-state index >= 15 is 0 Å². The van der Waals surface area contributed by atoms with Crippen molar-refractivity contribution < 1.29 is 9.53 Å². The number of esters is 1. The fraction of sp³-hybridized carbons (Fsp3) is 0.200. The number of methoxy groups -OCH3 is 1. The summed E-state index contributed by atoms with van der Waals surface area (Å²) in [5, 5.41) is 0. The predicted molar refractivity (Wildman–Crippen MR) is 50.9 cm³/mol. The van der Waals surface area contributed by atoms with Gasteiger partial charge in [-0.05, 0) is 6.07 Å². The maximum atomic E-state index is 11.3. The summed E-state index contributed by atoms with van der Waals surface area (Å²) in [6.07, 6.45) is 5.08. The van der Waals surface area contributed by atoms with E-state index in [9.17, 15) is 9.59 Å². The van der Waals surface area contributed by atoms with Crippen LogP contribution in [0.1, 0.15) is 10.5 Å². The quantitative estimate of drug-likeness (QED) is 0.498. The van der Waals surface area contributed by atoms with Gasteiger partial charge in [-0.3, -0.25) is 9.36 Å². The lowest BCUT2D eigenvalue weighted by molar-refractivity contribution is 0.0587. The van der Waals surface area contributed by atoms with Gasteiger partial charge in [0.1, 0.15) is 5.69 Å². The molecule has 4 heteroatoms. The Bertz CT molecular complexity index is 439. The highest BCUT2D eigenvalue weighted by Gasteiger charge is 2.10. The lowest BCUT2D eigenvalue weighted by Crippen LogP contribution is -2.25. The molecule has 0 aliphatic carbocycles. The summed E-state index contributed by atoms with van der Waals surface area (Å²) in [6.45, 7) is 0.0596. The van der Waals surface area contributed by atoms with Gasteiger partial charge in [0.05, 0.1) is 13.7 Å². The highest BCUT2D eigenvalue weighted by molar-refractivity contribution is 5.87. The molecule has 0 atom stereocenters. The van der Waals surface area contributed by atoms with Crippen LogP contribution in [0.4, 0.5) is 0 Å². The maximum Gasteiger partial charge on any atom is 0.354 e. The van der Waals surface area contributed by atoms with Crippen LogP contribution in [0.5, 0.6) is 0 Å². The van der Waals surface area contributed by atoms with E-state index in [1.54, 1.807) is 0 Å². The van der Waals surface area contributed by atoms with E-state index in [2.05, 4.69) is 10.7 Å². The minimum absolute atomic E-state index is 0.0596. The highest BCUT2D eigenvalue weighted by Crippen LogP contribution is 1.98. The Morgan fingerprint density at radius 3 is 2.93 bits per heavy atom. The lowest BCUT2D eigenvalue weighted by Gasteiger charge is -2.06. The standard InChI is InChI=1S/C10H9NO3/c1-3-7-11-8(10(13)14-2)5-4-6-9(11)12/h1,4-6H,7H2,2H3. The number of terminal acetylenes is 1. The molecular formula is C10H9NO3. The lowest BCUT2D eigenvalue weighted by atomic mass is 10.3. The van der Waals surface area contributed by atoms with Crippen molar-refractivity contribution in [2.24, 2.45) is 0 Å². The van der Waals surface area contributed by atoms with E-state index < -0.39 is 5.97 Å². The summed E-state index contributed by atoms with van der Waals surface area (Å²) in [4.78, 5) is 22.5. The second-order valence-electron chi connectivity index (χ2n) is 2.53. The third-order valence-corrected chi connectivity index (χ3v) is 1.69. The first kappa shape index (κ1) is 10.1. The summed E-state index contributed by atoms with van der Waals surface area (Å²) in [7, 11) is 1.25. The molecule has 0 radical (unpaired) electrons. The third-order valence-electron chi connectivity index (χ3n) is 1.69. The van der Waals surface area contributed by atoms with Crippen LogP contribution in [0.25, 0.3) is 0 Å². The molecule has 1 aromatic heterocycles. The Morgan fingerprint density at radius 2 is 2.36 bits per heavy atom. The zero-order chi connectivity index (χ0) is 10.6. The van der Waals surface area contributed by atoms with Crippen molar-refractivity contribution in [3.8, 4) is 12.3 Å². The summed E-state index contributed by atoms with van der Waals surface area (Å²) < 4.78 is 5.70. The van der Waals surface area contributed by atoms with Gasteiger partial charge < -0.3 is 4.74 Å². The van der Waals surface area contributed by atoms with Crippen LogP contribution in [-0.2, 0) is 11.3 Å². The van der Waals surface area contributed by atoms with E-state index in [-0.39, 0.29) is 17.8 Å². The van der Waals surface area contributed by atoms with Crippen molar-refractivity contribution in [1.82, 2.24) is 4.57 Å². The maximum absolute atomic E-state index is 11.3. The topological polar surface area (TPSA) is 48.3 Å². The first-order valence-corrected chi connectivity index (χ1v) is 3.92. The van der Waals surface area contributed by atoms with E-state index in [4.69, 9.17) is 6.42 Å². The molecule has 0 spiro atoms. The van der Waals surface area contributed by atoms with Crippen LogP contribution in [0.2, 0.25) is 0 Å². The van der Waals surface area contributed by atoms with Crippen molar-refractivity contribution in [2.45, 2.75) is 6.54 Å². The molecule has 0 bridgehead atoms. The van der Waals surface area contributed by atoms with Crippen molar-refractivity contribution in [3.63, 3.8) is 0 Å². The Kier molecular flexibility index (Phi) is 3.08. The SMILES string of the molecule is C#CCn1c(C(=O)OC)cccc1=O. The number of ether oxygens (including phenoxy) is 1. The fourth-order valence-corrected chi connectivity index (χ4v) is 1.06. The van der Waals surface area contributed by atoms with Gasteiger partial charge in [-0.25, -0.2) is 4.79 Å². The molecule has 0 N–H and O–H groups in total. The molecule has 1 aromatic rings. The van der Waals surface area contributed by atoms with Crippen molar-refractivity contribution in [1.29, 1.82) is 0 Å². The van der Waals surface area contributed by atoms with Crippen LogP contribution in [0.3, 0.4) is 0 Å². The van der Waals surface area contributed by atoms with Crippen molar-refractivity contribution in [2.75, 3.05) is 7.11 Å². The van der Waals surface area contributed by atoms with E-state index in [0.717, 1.165) is 0 Å². The molecule has 0 saturated carbocycles. The number of hydrogen-bond acceptors (Lipinski definition) is 3. The molecule has 0 aliphatic rings. The summed E-state index contributed by atoms with van der Waals surface area (Å²) in [6, 6.07) is 4.32. The van der Waals surface area contributed by atoms with Gasteiger partial charge in [0, 0.05) is 6.07 Å². The smallest absolute Gasteiger partial charge is 0.354 e. The van der Waals surface area contributed by atoms with Crippen LogP contribution in [0, 0.1) is 12.3 Å². The van der Waals surface area contributed by atoms with Gasteiger partial charge in [-0.1, -0.05) is 12.0 Å². The number of aromatic nitrogens is 1. The number of carbonyl (C=O) groups excluding carboxylic acids is 1. The van der Waals surface area contributed by atoms with E-state index in [1.165, 1.54) is 29.9 Å². The Morgan fingerprint density at radius 1 is 1.64 bits per heavy atom. The number of carbonyl (C=O) groups is 1. The number of rotatable bonds is 2. The molecule has 14 heavy (non-hydrogen) atoms. The van der Waals surface area contributed by atoms with Crippen LogP contribution >= 0.6 is 0 Å². The molecule has 0 aromatic carbocycles. The average molecular weight is 191 g/mol. The molecule has 1 rings (SSSR count). The molecule has 0 unspecified atom stereocenters. The Balaban J connectivity index is 3.29. The molecule has 0 fully saturated rings. The third kappa shape index (κ3) is 1.83. The summed E-state index contributed by atoms with van der Waals surface area (Å²) in [5.74, 6) is 1.73. The zero-order valence-electron chi connectivity index (χ0n) is 7.69. The number of nitrogens with zero attached hydrogens (tertiary/aromatic N) is 1. The van der Waals surface area contributed by atoms with Gasteiger partial charge in [-0.15, -0.1) is 6.42 Å². The van der Waals surface area contributed by atoms with E-state index in [0.29, 0.717) is 0 Å². The molecule has 4 nitrogen and oxygen atoms in total. The van der Waals surface area contributed by atoms with Gasteiger partial charge in [-0.2, -0.15) is 0 Å². The predicted octanol–water partition coefficient (Wildman–Crippen LogP) is 0.268. The average Bonchev–Trinajstić information content (AvgIpc) is 2.20. The zero-order valence-corrected chi connectivity index (χ0v) is 7.69. The largest absolute Gasteiger partial charge is 0.464 e. The van der Waals surface area contributed by atoms with Crippen molar-refractivity contribution >= 4 is 5.97 Å². The van der Waals surface area contributed by atoms with Gasteiger partial charge >= 0.3 is 5.97 Å². The highest BCUT2D eigenvalue weighted by atomic mass is 16.5. The van der Waals surface area contributed by atoms with Crippen LogP contribution < -0.4 is 5.56 Å². The summed E-state index contributed by atoms with van der Waals surface area (Å²) >= 11 is 0. The van der Waals surface area contributed by atoms with Crippen LogP contribution in [0.15, 0.2) is 23.0 Å².